The highest BCUT2D eigenvalue weighted by Gasteiger charge is 2.61. The van der Waals surface area contributed by atoms with Gasteiger partial charge >= 0.3 is 7.82 Å². The lowest BCUT2D eigenvalue weighted by atomic mass is 9.84. The predicted octanol–water partition coefficient (Wildman–Crippen LogP) is -7.06. The number of ether oxygens (including phenoxy) is 4. The minimum absolute atomic E-state index is 0.744. The van der Waals surface area contributed by atoms with E-state index in [1.807, 2.05) is 0 Å². The van der Waals surface area contributed by atoms with Crippen LogP contribution >= 0.6 is 7.82 Å². The largest absolute Gasteiger partial charge is 0.473 e. The first-order valence-electron chi connectivity index (χ1n) is 11.4. The molecule has 3 heterocycles. The fraction of sp³-hybridized carbons (Fsp3) is 1.00. The standard InChI is InChI=1S/C18H32NO17P/c19-5-7(23)13(33-18-12(28)8(24)6(22)3(1-20)31-18)4(2-21)32-17(5)34-14-10(26)9(25)11(27)15-16(14)36-37(29,30)35-15/h3-18,20-28H,1-2,19H2,(H,29,30)/t3-,4-,5-,6+,7-,8+,9+,10+,11-,12-,13-,14-,15-,16+,17-,18-/m1/s1. The Kier molecular flexibility index (Phi) is 8.94. The monoisotopic (exact) mass is 565 g/mol. The Morgan fingerprint density at radius 1 is 0.649 bits per heavy atom. The summed E-state index contributed by atoms with van der Waals surface area (Å²) in [5.74, 6) is 0. The first kappa shape index (κ1) is 29.5. The summed E-state index contributed by atoms with van der Waals surface area (Å²) in [6.45, 7) is -1.57. The van der Waals surface area contributed by atoms with Crippen molar-refractivity contribution in [2.75, 3.05) is 13.2 Å². The van der Waals surface area contributed by atoms with E-state index in [-0.39, 0.29) is 0 Å². The van der Waals surface area contributed by atoms with Crippen molar-refractivity contribution in [3.63, 3.8) is 0 Å². The number of phosphoric ester groups is 1. The molecule has 0 aromatic carbocycles. The Hall–Kier alpha value is -0.450. The average molecular weight is 565 g/mol. The molecule has 0 aromatic heterocycles. The van der Waals surface area contributed by atoms with Crippen LogP contribution in [-0.2, 0) is 32.6 Å². The molecule has 4 rings (SSSR count). The fourth-order valence-corrected chi connectivity index (χ4v) is 5.92. The number of fused-ring (bicyclic) bond motifs is 1. The van der Waals surface area contributed by atoms with Crippen molar-refractivity contribution >= 4 is 7.82 Å². The molecule has 3 aliphatic heterocycles. The van der Waals surface area contributed by atoms with Crippen LogP contribution in [0.15, 0.2) is 0 Å². The van der Waals surface area contributed by atoms with Gasteiger partial charge in [0.2, 0.25) is 0 Å². The second-order valence-electron chi connectivity index (χ2n) is 9.27. The van der Waals surface area contributed by atoms with Crippen LogP contribution in [0.2, 0.25) is 0 Å². The van der Waals surface area contributed by atoms with E-state index in [1.165, 1.54) is 0 Å². The first-order valence-corrected chi connectivity index (χ1v) is 12.9. The molecule has 1 saturated carbocycles. The van der Waals surface area contributed by atoms with Gasteiger partial charge < -0.3 is 75.5 Å². The minimum atomic E-state index is -4.67. The van der Waals surface area contributed by atoms with E-state index < -0.39 is 119 Å². The summed E-state index contributed by atoms with van der Waals surface area (Å²) in [7, 11) is -4.67. The molecule has 1 unspecified atom stereocenters. The predicted molar refractivity (Wildman–Crippen MR) is 111 cm³/mol. The van der Waals surface area contributed by atoms with Crippen LogP contribution in [0, 0.1) is 0 Å². The van der Waals surface area contributed by atoms with E-state index >= 15 is 0 Å². The molecule has 0 bridgehead atoms. The van der Waals surface area contributed by atoms with Crippen LogP contribution in [0.3, 0.4) is 0 Å². The maximum absolute atomic E-state index is 11.9. The zero-order valence-corrected chi connectivity index (χ0v) is 19.9. The number of rotatable bonds is 6. The SMILES string of the molecule is N[C@H]1[C@@H](O[C@@H]2[C@@H](O)[C@H](O)[C@@H](O)[C@H]3OP(=O)(O)O[C@H]32)O[C@H](CO)[C@@H](O[C@H]2O[C@H](CO)[C@H](O)[C@H](O)[C@H]2O)[C@@H]1O. The Morgan fingerprint density at radius 3 is 1.81 bits per heavy atom. The summed E-state index contributed by atoms with van der Waals surface area (Å²) >= 11 is 0. The molecule has 18 nitrogen and oxygen atoms in total. The molecule has 0 aromatic rings. The highest BCUT2D eigenvalue weighted by molar-refractivity contribution is 7.47. The topological polar surface area (TPSA) is 301 Å². The molecule has 12 N–H and O–H groups in total. The minimum Gasteiger partial charge on any atom is -0.394 e. The smallest absolute Gasteiger partial charge is 0.394 e. The van der Waals surface area contributed by atoms with Crippen LogP contribution in [-0.4, -0.2) is 162 Å². The number of phosphoric acid groups is 1. The van der Waals surface area contributed by atoms with Gasteiger partial charge in [0, 0.05) is 0 Å². The molecule has 0 radical (unpaired) electrons. The summed E-state index contributed by atoms with van der Waals surface area (Å²) in [4.78, 5) is 9.65. The zero-order chi connectivity index (χ0) is 27.4. The molecule has 216 valence electrons. The van der Waals surface area contributed by atoms with Crippen LogP contribution in [0.5, 0.6) is 0 Å². The molecule has 3 saturated heterocycles. The van der Waals surface area contributed by atoms with Gasteiger partial charge in [0.1, 0.15) is 79.4 Å². The third-order valence-corrected chi connectivity index (χ3v) is 7.88. The van der Waals surface area contributed by atoms with Gasteiger partial charge in [0.25, 0.3) is 0 Å². The lowest BCUT2D eigenvalue weighted by Gasteiger charge is -2.48. The molecule has 0 spiro atoms. The van der Waals surface area contributed by atoms with Crippen LogP contribution in [0.1, 0.15) is 0 Å². The Balaban J connectivity index is 1.49. The third-order valence-electron chi connectivity index (χ3n) is 6.86. The highest BCUT2D eigenvalue weighted by Crippen LogP contribution is 2.56. The van der Waals surface area contributed by atoms with Crippen LogP contribution in [0.25, 0.3) is 0 Å². The second kappa shape index (κ2) is 11.2. The van der Waals surface area contributed by atoms with Crippen molar-refractivity contribution in [1.29, 1.82) is 0 Å². The number of hydrogen-bond acceptors (Lipinski definition) is 17. The van der Waals surface area contributed by atoms with E-state index in [0.717, 1.165) is 0 Å². The highest BCUT2D eigenvalue weighted by atomic mass is 31.2. The van der Waals surface area contributed by atoms with Crippen LogP contribution in [0.4, 0.5) is 0 Å². The normalized spacial score (nSPS) is 56.7. The summed E-state index contributed by atoms with van der Waals surface area (Å²) in [6.07, 6.45) is -25.0. The van der Waals surface area contributed by atoms with E-state index in [0.29, 0.717) is 0 Å². The number of aliphatic hydroxyl groups excluding tert-OH is 9. The second-order valence-corrected chi connectivity index (χ2v) is 10.6. The molecule has 4 fully saturated rings. The Labute approximate surface area is 208 Å². The Morgan fingerprint density at radius 2 is 1.19 bits per heavy atom. The molecule has 19 heteroatoms. The molecule has 4 aliphatic rings. The van der Waals surface area contributed by atoms with Gasteiger partial charge in [0.05, 0.1) is 19.3 Å². The van der Waals surface area contributed by atoms with Gasteiger partial charge in [-0.2, -0.15) is 0 Å². The number of aliphatic hydroxyl groups is 9. The van der Waals surface area contributed by atoms with E-state index in [1.54, 1.807) is 0 Å². The maximum Gasteiger partial charge on any atom is 0.473 e. The number of hydrogen-bond donors (Lipinski definition) is 11. The third kappa shape index (κ3) is 5.47. The average Bonchev–Trinajstić information content (AvgIpc) is 3.19. The summed E-state index contributed by atoms with van der Waals surface area (Å²) in [5.41, 5.74) is 6.02. The summed E-state index contributed by atoms with van der Waals surface area (Å²) in [5, 5.41) is 90.8. The van der Waals surface area contributed by atoms with Gasteiger partial charge in [-0.1, -0.05) is 0 Å². The van der Waals surface area contributed by atoms with Gasteiger partial charge in [0.15, 0.2) is 12.6 Å². The first-order chi connectivity index (χ1) is 17.3. The molecule has 17 atom stereocenters. The molecular formula is C18H32NO17P. The fourth-order valence-electron chi connectivity index (χ4n) is 4.77. The molecule has 37 heavy (non-hydrogen) atoms. The zero-order valence-electron chi connectivity index (χ0n) is 19.0. The van der Waals surface area contributed by atoms with Crippen molar-refractivity contribution in [3.05, 3.63) is 0 Å². The number of nitrogens with two attached hydrogens (primary N) is 1. The van der Waals surface area contributed by atoms with Crippen molar-refractivity contribution in [1.82, 2.24) is 0 Å². The van der Waals surface area contributed by atoms with Gasteiger partial charge in [-0.3, -0.25) is 9.05 Å². The lowest BCUT2D eigenvalue weighted by Crippen LogP contribution is -2.69. The molecular weight excluding hydrogens is 533 g/mol. The van der Waals surface area contributed by atoms with Gasteiger partial charge in [-0.05, 0) is 0 Å². The molecule has 0 amide bonds. The quantitative estimate of drug-likeness (QED) is 0.133. The van der Waals surface area contributed by atoms with E-state index in [9.17, 15) is 55.4 Å². The molecule has 1 aliphatic carbocycles. The Bertz CT molecular complexity index is 836. The van der Waals surface area contributed by atoms with Crippen LogP contribution < -0.4 is 5.73 Å². The van der Waals surface area contributed by atoms with Gasteiger partial charge in [-0.15, -0.1) is 0 Å². The summed E-state index contributed by atoms with van der Waals surface area (Å²) < 4.78 is 43.4. The maximum atomic E-state index is 11.9. The van der Waals surface area contributed by atoms with Crippen molar-refractivity contribution in [2.45, 2.75) is 98.0 Å². The van der Waals surface area contributed by atoms with Gasteiger partial charge in [-0.25, -0.2) is 4.57 Å². The van der Waals surface area contributed by atoms with Crippen molar-refractivity contribution < 1.29 is 83.4 Å². The lowest BCUT2D eigenvalue weighted by molar-refractivity contribution is -0.355. The van der Waals surface area contributed by atoms with Crippen molar-refractivity contribution in [2.24, 2.45) is 5.73 Å². The van der Waals surface area contributed by atoms with E-state index in [4.69, 9.17) is 33.7 Å². The van der Waals surface area contributed by atoms with E-state index in [2.05, 4.69) is 0 Å². The summed E-state index contributed by atoms with van der Waals surface area (Å²) in [6, 6.07) is -1.50. The van der Waals surface area contributed by atoms with Crippen molar-refractivity contribution in [3.8, 4) is 0 Å².